The number of carbonyl (C=O) groups is 3. The van der Waals surface area contributed by atoms with Crippen molar-refractivity contribution in [3.63, 3.8) is 0 Å². The second-order valence-electron chi connectivity index (χ2n) is 4.36. The number of aliphatic carboxylic acids is 1. The highest BCUT2D eigenvalue weighted by molar-refractivity contribution is 5.86. The predicted octanol–water partition coefficient (Wildman–Crippen LogP) is -0.365. The predicted molar refractivity (Wildman–Crippen MR) is 63.7 cm³/mol. The van der Waals surface area contributed by atoms with E-state index in [1.807, 2.05) is 0 Å². The zero-order chi connectivity index (χ0) is 14.3. The van der Waals surface area contributed by atoms with E-state index in [0.29, 0.717) is 0 Å². The highest BCUT2D eigenvalue weighted by Crippen LogP contribution is 1.99. The van der Waals surface area contributed by atoms with E-state index in [1.165, 1.54) is 0 Å². The van der Waals surface area contributed by atoms with Crippen molar-refractivity contribution in [2.75, 3.05) is 0 Å². The minimum Gasteiger partial charge on any atom is -0.481 e. The van der Waals surface area contributed by atoms with Crippen molar-refractivity contribution in [1.82, 2.24) is 5.32 Å². The van der Waals surface area contributed by atoms with Gasteiger partial charge in [0.15, 0.2) is 0 Å². The molecular weight excluding hydrogens is 240 g/mol. The summed E-state index contributed by atoms with van der Waals surface area (Å²) in [6, 6.07) is -1.57. The van der Waals surface area contributed by atoms with Crippen molar-refractivity contribution in [3.8, 4) is 0 Å². The Morgan fingerprint density at radius 1 is 1.22 bits per heavy atom. The van der Waals surface area contributed by atoms with E-state index in [9.17, 15) is 14.4 Å². The summed E-state index contributed by atoms with van der Waals surface area (Å²) in [5, 5.41) is 10.9. The Morgan fingerprint density at radius 3 is 2.22 bits per heavy atom. The Hall–Kier alpha value is -1.63. The van der Waals surface area contributed by atoms with Crippen molar-refractivity contribution in [1.29, 1.82) is 0 Å². The van der Waals surface area contributed by atoms with Crippen molar-refractivity contribution < 1.29 is 24.2 Å². The van der Waals surface area contributed by atoms with Gasteiger partial charge in [-0.3, -0.25) is 14.4 Å². The van der Waals surface area contributed by atoms with Crippen molar-refractivity contribution in [2.45, 2.75) is 51.8 Å². The van der Waals surface area contributed by atoms with E-state index >= 15 is 0 Å². The van der Waals surface area contributed by atoms with E-state index in [2.05, 4.69) is 5.32 Å². The number of rotatable bonds is 7. The lowest BCUT2D eigenvalue weighted by Gasteiger charge is -2.16. The molecule has 0 aliphatic rings. The third-order valence-electron chi connectivity index (χ3n) is 1.96. The van der Waals surface area contributed by atoms with Crippen LogP contribution >= 0.6 is 0 Å². The van der Waals surface area contributed by atoms with Gasteiger partial charge in [0.1, 0.15) is 0 Å². The highest BCUT2D eigenvalue weighted by Gasteiger charge is 2.20. The first-order valence-corrected chi connectivity index (χ1v) is 5.69. The van der Waals surface area contributed by atoms with Gasteiger partial charge >= 0.3 is 11.9 Å². The van der Waals surface area contributed by atoms with Crippen LogP contribution in [0.4, 0.5) is 0 Å². The first-order chi connectivity index (χ1) is 8.22. The van der Waals surface area contributed by atoms with Gasteiger partial charge in [-0.15, -0.1) is 0 Å². The quantitative estimate of drug-likeness (QED) is 0.538. The zero-order valence-corrected chi connectivity index (χ0v) is 10.8. The maximum atomic E-state index is 11.4. The second-order valence-corrected chi connectivity index (χ2v) is 4.36. The summed E-state index contributed by atoms with van der Waals surface area (Å²) < 4.78 is 4.91. The van der Waals surface area contributed by atoms with E-state index in [4.69, 9.17) is 15.6 Å². The fourth-order valence-corrected chi connectivity index (χ4v) is 1.24. The fraction of sp³-hybridized carbons (Fsp3) is 0.727. The van der Waals surface area contributed by atoms with Gasteiger partial charge in [0.25, 0.3) is 0 Å². The van der Waals surface area contributed by atoms with Gasteiger partial charge < -0.3 is 20.9 Å². The number of esters is 1. The summed E-state index contributed by atoms with van der Waals surface area (Å²) in [5.41, 5.74) is 5.37. The molecule has 7 heteroatoms. The molecule has 0 spiro atoms. The summed E-state index contributed by atoms with van der Waals surface area (Å²) in [6.45, 7) is 5.07. The number of carboxylic acid groups (broad SMARTS) is 1. The average molecular weight is 260 g/mol. The summed E-state index contributed by atoms with van der Waals surface area (Å²) in [4.78, 5) is 33.1. The number of amides is 1. The summed E-state index contributed by atoms with van der Waals surface area (Å²) in [6.07, 6.45) is -0.645. The van der Waals surface area contributed by atoms with Gasteiger partial charge in [0, 0.05) is 6.04 Å². The zero-order valence-electron chi connectivity index (χ0n) is 10.8. The summed E-state index contributed by atoms with van der Waals surface area (Å²) in [7, 11) is 0. The number of nitrogens with one attached hydrogen (secondary N) is 1. The normalized spacial score (nSPS) is 13.8. The molecule has 0 aromatic carbocycles. The molecule has 0 aliphatic heterocycles. The molecule has 18 heavy (non-hydrogen) atoms. The number of carbonyl (C=O) groups excluding carboxylic acids is 2. The molecule has 104 valence electrons. The van der Waals surface area contributed by atoms with Gasteiger partial charge in [0.2, 0.25) is 5.91 Å². The smallest absolute Gasteiger partial charge is 0.308 e. The van der Waals surface area contributed by atoms with Gasteiger partial charge in [-0.1, -0.05) is 0 Å². The maximum Gasteiger partial charge on any atom is 0.308 e. The van der Waals surface area contributed by atoms with Crippen LogP contribution in [0.2, 0.25) is 0 Å². The van der Waals surface area contributed by atoms with Crippen LogP contribution in [-0.2, 0) is 19.1 Å². The van der Waals surface area contributed by atoms with Crippen LogP contribution in [0.1, 0.15) is 33.6 Å². The van der Waals surface area contributed by atoms with E-state index in [0.717, 1.165) is 0 Å². The standard InChI is InChI=1S/C11H20N2O5/c1-6(2)18-10(16)4-7(3)13-11(17)8(12)5-9(14)15/h6-8H,4-5,12H2,1-3H3,(H,13,17)(H,14,15)/t7-,8+/m0/s1. The number of nitrogens with two attached hydrogens (primary N) is 1. The van der Waals surface area contributed by atoms with Crippen LogP contribution in [0.15, 0.2) is 0 Å². The van der Waals surface area contributed by atoms with Gasteiger partial charge in [-0.25, -0.2) is 0 Å². The van der Waals surface area contributed by atoms with Crippen LogP contribution in [0, 0.1) is 0 Å². The van der Waals surface area contributed by atoms with Crippen LogP contribution in [0.25, 0.3) is 0 Å². The highest BCUT2D eigenvalue weighted by atomic mass is 16.5. The lowest BCUT2D eigenvalue weighted by molar-refractivity contribution is -0.148. The minimum absolute atomic E-state index is 0.0176. The third kappa shape index (κ3) is 7.61. The van der Waals surface area contributed by atoms with Crippen LogP contribution in [0.5, 0.6) is 0 Å². The Kier molecular flexibility index (Phi) is 6.96. The first kappa shape index (κ1) is 16.4. The molecule has 0 radical (unpaired) electrons. The lowest BCUT2D eigenvalue weighted by atomic mass is 10.1. The molecule has 0 bridgehead atoms. The molecule has 1 amide bonds. The SMILES string of the molecule is CC(C)OC(=O)C[C@H](C)NC(=O)[C@H](N)CC(=O)O. The molecule has 0 heterocycles. The Bertz CT molecular complexity index is 317. The van der Waals surface area contributed by atoms with Crippen molar-refractivity contribution in [3.05, 3.63) is 0 Å². The molecule has 0 aromatic heterocycles. The minimum atomic E-state index is -1.15. The van der Waals surface area contributed by atoms with Crippen LogP contribution in [-0.4, -0.2) is 41.1 Å². The number of hydrogen-bond acceptors (Lipinski definition) is 5. The van der Waals surface area contributed by atoms with Crippen molar-refractivity contribution >= 4 is 17.8 Å². The van der Waals surface area contributed by atoms with Crippen LogP contribution in [0.3, 0.4) is 0 Å². The molecule has 0 aliphatic carbocycles. The molecule has 0 unspecified atom stereocenters. The number of hydrogen-bond donors (Lipinski definition) is 3. The van der Waals surface area contributed by atoms with E-state index in [1.54, 1.807) is 20.8 Å². The lowest BCUT2D eigenvalue weighted by Crippen LogP contribution is -2.46. The van der Waals surface area contributed by atoms with Gasteiger partial charge in [0.05, 0.1) is 25.0 Å². The molecule has 4 N–H and O–H groups in total. The molecular formula is C11H20N2O5. The Balaban J connectivity index is 4.07. The molecule has 0 fully saturated rings. The van der Waals surface area contributed by atoms with Crippen LogP contribution < -0.4 is 11.1 Å². The largest absolute Gasteiger partial charge is 0.481 e. The fourth-order valence-electron chi connectivity index (χ4n) is 1.24. The molecule has 2 atom stereocenters. The van der Waals surface area contributed by atoms with Gasteiger partial charge in [-0.2, -0.15) is 0 Å². The molecule has 7 nitrogen and oxygen atoms in total. The summed E-state index contributed by atoms with van der Waals surface area (Å²) >= 11 is 0. The molecule has 0 saturated heterocycles. The van der Waals surface area contributed by atoms with Crippen molar-refractivity contribution in [2.24, 2.45) is 5.73 Å². The maximum absolute atomic E-state index is 11.4. The van der Waals surface area contributed by atoms with E-state index in [-0.39, 0.29) is 12.5 Å². The number of carboxylic acids is 1. The average Bonchev–Trinajstić information content (AvgIpc) is 2.13. The van der Waals surface area contributed by atoms with E-state index < -0.39 is 36.4 Å². The molecule has 0 rings (SSSR count). The third-order valence-corrected chi connectivity index (χ3v) is 1.96. The Labute approximate surface area is 106 Å². The topological polar surface area (TPSA) is 119 Å². The molecule has 0 aromatic rings. The summed E-state index contributed by atoms with van der Waals surface area (Å²) in [5.74, 6) is -2.17. The number of ether oxygens (including phenoxy) is 1. The Morgan fingerprint density at radius 2 is 1.78 bits per heavy atom. The molecule has 0 saturated carbocycles. The van der Waals surface area contributed by atoms with Gasteiger partial charge in [-0.05, 0) is 20.8 Å². The first-order valence-electron chi connectivity index (χ1n) is 5.69. The monoisotopic (exact) mass is 260 g/mol. The second kappa shape index (κ2) is 7.65.